The number of likely N-dealkylation sites (tertiary alicyclic amines) is 2. The number of hydrogen-bond donors (Lipinski definition) is 0. The summed E-state index contributed by atoms with van der Waals surface area (Å²) in [7, 11) is 1.63. The van der Waals surface area contributed by atoms with Crippen molar-refractivity contribution < 1.29 is 9.53 Å². The molecule has 0 radical (unpaired) electrons. The molecule has 1 aromatic carbocycles. The zero-order valence-electron chi connectivity index (χ0n) is 13.4. The van der Waals surface area contributed by atoms with E-state index in [2.05, 4.69) is 9.80 Å². The Bertz CT molecular complexity index is 594. The van der Waals surface area contributed by atoms with Crippen LogP contribution in [0.5, 0.6) is 5.75 Å². The molecule has 1 aromatic rings. The predicted molar refractivity (Wildman–Crippen MR) is 92.3 cm³/mol. The summed E-state index contributed by atoms with van der Waals surface area (Å²) < 4.78 is 5.43. The first-order valence-electron chi connectivity index (χ1n) is 8.12. The van der Waals surface area contributed by atoms with Gasteiger partial charge in [0, 0.05) is 42.7 Å². The third-order valence-corrected chi connectivity index (χ3v) is 5.21. The summed E-state index contributed by atoms with van der Waals surface area (Å²) >= 11 is 12.4. The highest BCUT2D eigenvalue weighted by atomic mass is 35.5. The van der Waals surface area contributed by atoms with Crippen LogP contribution in [0.25, 0.3) is 0 Å². The van der Waals surface area contributed by atoms with Gasteiger partial charge in [0.2, 0.25) is 5.91 Å². The average molecular weight is 357 g/mol. The van der Waals surface area contributed by atoms with E-state index in [-0.39, 0.29) is 0 Å². The molecule has 4 nitrogen and oxygen atoms in total. The number of piperidine rings is 1. The maximum Gasteiger partial charge on any atom is 0.222 e. The monoisotopic (exact) mass is 356 g/mol. The topological polar surface area (TPSA) is 32.8 Å². The molecular weight excluding hydrogens is 335 g/mol. The molecule has 0 aliphatic carbocycles. The number of carbonyl (C=O) groups excluding carboxylic acids is 1. The van der Waals surface area contributed by atoms with Crippen LogP contribution in [0.4, 0.5) is 0 Å². The maximum atomic E-state index is 12.0. The zero-order chi connectivity index (χ0) is 16.4. The number of rotatable bonds is 4. The highest BCUT2D eigenvalue weighted by Crippen LogP contribution is 2.33. The van der Waals surface area contributed by atoms with Crippen LogP contribution in [0.3, 0.4) is 0 Å². The van der Waals surface area contributed by atoms with Gasteiger partial charge < -0.3 is 9.64 Å². The second kappa shape index (κ2) is 7.29. The third kappa shape index (κ3) is 3.76. The largest absolute Gasteiger partial charge is 0.495 e. The average Bonchev–Trinajstić information content (AvgIpc) is 2.93. The van der Waals surface area contributed by atoms with E-state index in [1.165, 1.54) is 0 Å². The molecule has 0 unspecified atom stereocenters. The molecule has 2 aliphatic heterocycles. The molecule has 1 atom stereocenters. The van der Waals surface area contributed by atoms with Crippen LogP contribution in [-0.4, -0.2) is 48.5 Å². The van der Waals surface area contributed by atoms with Crippen molar-refractivity contribution in [1.29, 1.82) is 0 Å². The predicted octanol–water partition coefficient (Wildman–Crippen LogP) is 3.59. The molecule has 2 saturated heterocycles. The van der Waals surface area contributed by atoms with E-state index >= 15 is 0 Å². The lowest BCUT2D eigenvalue weighted by Gasteiger charge is -2.37. The van der Waals surface area contributed by atoms with Gasteiger partial charge in [0.15, 0.2) is 0 Å². The van der Waals surface area contributed by atoms with Crippen molar-refractivity contribution in [2.24, 2.45) is 0 Å². The summed E-state index contributed by atoms with van der Waals surface area (Å²) in [6.07, 6.45) is 3.89. The van der Waals surface area contributed by atoms with E-state index in [1.807, 2.05) is 6.07 Å². The fourth-order valence-corrected chi connectivity index (χ4v) is 4.30. The Balaban J connectivity index is 1.72. The Hall–Kier alpha value is -0.970. The minimum absolute atomic E-state index is 0.306. The second-order valence-corrected chi connectivity index (χ2v) is 7.15. The van der Waals surface area contributed by atoms with Gasteiger partial charge >= 0.3 is 0 Å². The summed E-state index contributed by atoms with van der Waals surface area (Å²) in [5.41, 5.74) is 0.999. The van der Waals surface area contributed by atoms with E-state index in [0.717, 1.165) is 51.0 Å². The standard InChI is InChI=1S/C17H22Cl2N2O2/c1-23-17-12(8-13(18)9-15(17)19)10-20-6-2-4-14(11-20)21-7-3-5-16(21)22/h8-9,14H,2-7,10-11H2,1H3/t14-/m1/s1. The van der Waals surface area contributed by atoms with E-state index in [4.69, 9.17) is 27.9 Å². The van der Waals surface area contributed by atoms with Crippen molar-refractivity contribution in [1.82, 2.24) is 9.80 Å². The van der Waals surface area contributed by atoms with Crippen molar-refractivity contribution in [2.75, 3.05) is 26.7 Å². The Morgan fingerprint density at radius 2 is 2.09 bits per heavy atom. The van der Waals surface area contributed by atoms with Crippen LogP contribution < -0.4 is 4.74 Å². The van der Waals surface area contributed by atoms with Crippen LogP contribution in [0, 0.1) is 0 Å². The van der Waals surface area contributed by atoms with E-state index < -0.39 is 0 Å². The Morgan fingerprint density at radius 1 is 1.26 bits per heavy atom. The number of ether oxygens (including phenoxy) is 1. The fourth-order valence-electron chi connectivity index (χ4n) is 3.68. The Kier molecular flexibility index (Phi) is 5.34. The van der Waals surface area contributed by atoms with Crippen molar-refractivity contribution in [3.8, 4) is 5.75 Å². The molecule has 3 rings (SSSR count). The molecule has 2 heterocycles. The first-order valence-corrected chi connectivity index (χ1v) is 8.88. The number of hydrogen-bond acceptors (Lipinski definition) is 3. The molecule has 0 bridgehead atoms. The Labute approximate surface area is 147 Å². The van der Waals surface area contributed by atoms with Gasteiger partial charge in [-0.05, 0) is 37.9 Å². The maximum absolute atomic E-state index is 12.0. The van der Waals surface area contributed by atoms with Crippen molar-refractivity contribution in [2.45, 2.75) is 38.3 Å². The minimum atomic E-state index is 0.306. The van der Waals surface area contributed by atoms with Crippen molar-refractivity contribution in [3.05, 3.63) is 27.7 Å². The van der Waals surface area contributed by atoms with Crippen LogP contribution >= 0.6 is 23.2 Å². The van der Waals surface area contributed by atoms with Gasteiger partial charge in [-0.1, -0.05) is 23.2 Å². The summed E-state index contributed by atoms with van der Waals surface area (Å²) in [6.45, 7) is 3.57. The molecule has 0 N–H and O–H groups in total. The normalized spacial score (nSPS) is 22.7. The number of amides is 1. The number of halogens is 2. The second-order valence-electron chi connectivity index (χ2n) is 6.30. The summed E-state index contributed by atoms with van der Waals surface area (Å²) in [5, 5.41) is 1.16. The summed E-state index contributed by atoms with van der Waals surface area (Å²) in [4.78, 5) is 16.4. The first kappa shape index (κ1) is 16.9. The van der Waals surface area contributed by atoms with Gasteiger partial charge in [0.25, 0.3) is 0 Å². The zero-order valence-corrected chi connectivity index (χ0v) is 14.9. The molecule has 0 spiro atoms. The highest BCUT2D eigenvalue weighted by Gasteiger charge is 2.31. The van der Waals surface area contributed by atoms with Crippen LogP contribution in [0.2, 0.25) is 10.0 Å². The lowest BCUT2D eigenvalue weighted by molar-refractivity contribution is -0.130. The first-order chi connectivity index (χ1) is 11.1. The van der Waals surface area contributed by atoms with Crippen LogP contribution in [0.15, 0.2) is 12.1 Å². The van der Waals surface area contributed by atoms with Crippen molar-refractivity contribution >= 4 is 29.1 Å². The minimum Gasteiger partial charge on any atom is -0.495 e. The smallest absolute Gasteiger partial charge is 0.222 e. The molecule has 126 valence electrons. The van der Waals surface area contributed by atoms with Gasteiger partial charge in [0.1, 0.15) is 5.75 Å². The van der Waals surface area contributed by atoms with Crippen LogP contribution in [0.1, 0.15) is 31.2 Å². The molecule has 2 aliphatic rings. The summed E-state index contributed by atoms with van der Waals surface area (Å²) in [5.74, 6) is 0.996. The van der Waals surface area contributed by atoms with Gasteiger partial charge in [-0.25, -0.2) is 0 Å². The van der Waals surface area contributed by atoms with Gasteiger partial charge in [-0.3, -0.25) is 9.69 Å². The SMILES string of the molecule is COc1c(Cl)cc(Cl)cc1CN1CCC[C@@H](N2CCCC2=O)C1. The Morgan fingerprint density at radius 3 is 2.78 bits per heavy atom. The number of methoxy groups -OCH3 is 1. The van der Waals surface area contributed by atoms with Crippen LogP contribution in [-0.2, 0) is 11.3 Å². The molecule has 6 heteroatoms. The van der Waals surface area contributed by atoms with Gasteiger partial charge in [-0.2, -0.15) is 0 Å². The van der Waals surface area contributed by atoms with E-state index in [0.29, 0.717) is 34.2 Å². The number of benzene rings is 1. The fraction of sp³-hybridized carbons (Fsp3) is 0.588. The highest BCUT2D eigenvalue weighted by molar-refractivity contribution is 6.35. The lowest BCUT2D eigenvalue weighted by atomic mass is 10.0. The number of carbonyl (C=O) groups is 1. The van der Waals surface area contributed by atoms with Gasteiger partial charge in [-0.15, -0.1) is 0 Å². The number of nitrogens with zero attached hydrogens (tertiary/aromatic N) is 2. The lowest BCUT2D eigenvalue weighted by Crippen LogP contribution is -2.48. The molecule has 0 saturated carbocycles. The molecule has 0 aromatic heterocycles. The quantitative estimate of drug-likeness (QED) is 0.826. The summed E-state index contributed by atoms with van der Waals surface area (Å²) in [6, 6.07) is 3.95. The van der Waals surface area contributed by atoms with E-state index in [9.17, 15) is 4.79 Å². The van der Waals surface area contributed by atoms with Gasteiger partial charge in [0.05, 0.1) is 12.1 Å². The molecular formula is C17H22Cl2N2O2. The molecule has 1 amide bonds. The molecule has 2 fully saturated rings. The van der Waals surface area contributed by atoms with E-state index in [1.54, 1.807) is 13.2 Å². The third-order valence-electron chi connectivity index (χ3n) is 4.71. The molecule has 23 heavy (non-hydrogen) atoms. The van der Waals surface area contributed by atoms with Crippen molar-refractivity contribution in [3.63, 3.8) is 0 Å².